The highest BCUT2D eigenvalue weighted by Gasteiger charge is 2.08. The maximum absolute atomic E-state index is 11.6. The average molecular weight is 276 g/mol. The highest BCUT2D eigenvalue weighted by molar-refractivity contribution is 5.77. The smallest absolute Gasteiger partial charge is 0.221 e. The number of hydrogen-bond donors (Lipinski definition) is 3. The van der Waals surface area contributed by atoms with Crippen molar-refractivity contribution in [3.63, 3.8) is 0 Å². The fourth-order valence-corrected chi connectivity index (χ4v) is 1.86. The van der Waals surface area contributed by atoms with E-state index in [1.165, 1.54) is 0 Å². The van der Waals surface area contributed by atoms with Gasteiger partial charge in [0.15, 0.2) is 11.5 Å². The van der Waals surface area contributed by atoms with Gasteiger partial charge in [0, 0.05) is 38.4 Å². The molecule has 0 aliphatic rings. The second kappa shape index (κ2) is 6.23. The fourth-order valence-electron chi connectivity index (χ4n) is 1.86. The molecule has 0 aliphatic heterocycles. The topological polar surface area (TPSA) is 83.3 Å². The molecule has 0 spiro atoms. The van der Waals surface area contributed by atoms with Gasteiger partial charge in [0.2, 0.25) is 5.91 Å². The zero-order chi connectivity index (χ0) is 14.5. The van der Waals surface area contributed by atoms with Crippen molar-refractivity contribution in [3.8, 4) is 0 Å². The molecule has 0 unspecified atom stereocenters. The van der Waals surface area contributed by atoms with Crippen LogP contribution in [0.4, 0.5) is 11.6 Å². The first-order chi connectivity index (χ1) is 9.60. The predicted octanol–water partition coefficient (Wildman–Crippen LogP) is 1.10. The minimum Gasteiger partial charge on any atom is -0.372 e. The number of anilines is 2. The van der Waals surface area contributed by atoms with E-state index in [2.05, 4.69) is 25.9 Å². The number of nitrogens with one attached hydrogen (secondary N) is 3. The van der Waals surface area contributed by atoms with Crippen molar-refractivity contribution < 1.29 is 4.79 Å². The number of carbonyl (C=O) groups excluding carboxylic acids is 1. The number of hydrogen-bond acceptors (Lipinski definition) is 5. The number of rotatable bonds is 6. The average Bonchev–Trinajstić information content (AvgIpc) is 2.85. The zero-order valence-electron chi connectivity index (χ0n) is 12.0. The molecule has 108 valence electrons. The Hall–Kier alpha value is -2.31. The summed E-state index contributed by atoms with van der Waals surface area (Å²) in [4.78, 5) is 20.2. The van der Waals surface area contributed by atoms with Crippen molar-refractivity contribution in [1.29, 1.82) is 0 Å². The van der Waals surface area contributed by atoms with Gasteiger partial charge < -0.3 is 20.4 Å². The van der Waals surface area contributed by atoms with E-state index < -0.39 is 0 Å². The predicted molar refractivity (Wildman–Crippen MR) is 78.9 cm³/mol. The van der Waals surface area contributed by atoms with E-state index in [4.69, 9.17) is 0 Å². The van der Waals surface area contributed by atoms with Gasteiger partial charge >= 0.3 is 0 Å². The standard InChI is InChI=1S/C13H20N6O/c1-9(2)17-11(20)4-5-15-12-13-16-6-7-19(13)8-10(14-3)18-12/h6-9,14H,4-5H2,1-3H3,(H,15,18)(H,17,20). The van der Waals surface area contributed by atoms with Gasteiger partial charge in [-0.25, -0.2) is 9.97 Å². The highest BCUT2D eigenvalue weighted by Crippen LogP contribution is 2.15. The van der Waals surface area contributed by atoms with Gasteiger partial charge in [-0.3, -0.25) is 4.79 Å². The summed E-state index contributed by atoms with van der Waals surface area (Å²) in [7, 11) is 1.81. The Bertz CT molecular complexity index is 592. The first kappa shape index (κ1) is 14.1. The molecule has 2 aromatic rings. The number of carbonyl (C=O) groups is 1. The Morgan fingerprint density at radius 1 is 1.45 bits per heavy atom. The van der Waals surface area contributed by atoms with Crippen molar-refractivity contribution in [1.82, 2.24) is 19.7 Å². The Balaban J connectivity index is 2.02. The minimum absolute atomic E-state index is 0.0247. The van der Waals surface area contributed by atoms with E-state index in [-0.39, 0.29) is 11.9 Å². The third-order valence-electron chi connectivity index (χ3n) is 2.72. The Morgan fingerprint density at radius 3 is 2.95 bits per heavy atom. The summed E-state index contributed by atoms with van der Waals surface area (Å²) in [5, 5.41) is 9.00. The molecule has 0 aliphatic carbocycles. The van der Waals surface area contributed by atoms with Crippen LogP contribution >= 0.6 is 0 Å². The van der Waals surface area contributed by atoms with Crippen LogP contribution in [0.15, 0.2) is 18.6 Å². The van der Waals surface area contributed by atoms with Gasteiger partial charge in [0.1, 0.15) is 5.82 Å². The molecular weight excluding hydrogens is 256 g/mol. The van der Waals surface area contributed by atoms with E-state index in [9.17, 15) is 4.79 Å². The Kier molecular flexibility index (Phi) is 4.39. The van der Waals surface area contributed by atoms with E-state index in [1.54, 1.807) is 6.20 Å². The minimum atomic E-state index is 0.0247. The van der Waals surface area contributed by atoms with Gasteiger partial charge in [0.25, 0.3) is 0 Å². The Morgan fingerprint density at radius 2 is 2.25 bits per heavy atom. The molecule has 0 atom stereocenters. The number of amides is 1. The number of nitrogens with zero attached hydrogens (tertiary/aromatic N) is 3. The lowest BCUT2D eigenvalue weighted by Gasteiger charge is -2.10. The lowest BCUT2D eigenvalue weighted by molar-refractivity contribution is -0.121. The van der Waals surface area contributed by atoms with Gasteiger partial charge in [-0.2, -0.15) is 0 Å². The lowest BCUT2D eigenvalue weighted by Crippen LogP contribution is -2.31. The molecule has 20 heavy (non-hydrogen) atoms. The third-order valence-corrected chi connectivity index (χ3v) is 2.72. The van der Waals surface area contributed by atoms with Crippen LogP contribution in [-0.4, -0.2) is 39.9 Å². The largest absolute Gasteiger partial charge is 0.372 e. The monoisotopic (exact) mass is 276 g/mol. The molecule has 2 rings (SSSR count). The first-order valence-corrected chi connectivity index (χ1v) is 6.65. The number of fused-ring (bicyclic) bond motifs is 1. The van der Waals surface area contributed by atoms with Crippen LogP contribution in [0, 0.1) is 0 Å². The summed E-state index contributed by atoms with van der Waals surface area (Å²) in [6, 6.07) is 0.159. The summed E-state index contributed by atoms with van der Waals surface area (Å²) in [6.45, 7) is 4.40. The Labute approximate surface area is 117 Å². The second-order valence-corrected chi connectivity index (χ2v) is 4.78. The van der Waals surface area contributed by atoms with E-state index in [1.807, 2.05) is 37.7 Å². The van der Waals surface area contributed by atoms with Crippen molar-refractivity contribution in [2.75, 3.05) is 24.2 Å². The van der Waals surface area contributed by atoms with Gasteiger partial charge in [-0.05, 0) is 13.8 Å². The molecule has 2 aromatic heterocycles. The fraction of sp³-hybridized carbons (Fsp3) is 0.462. The van der Waals surface area contributed by atoms with Crippen LogP contribution < -0.4 is 16.0 Å². The van der Waals surface area contributed by atoms with Crippen LogP contribution in [0.5, 0.6) is 0 Å². The molecule has 3 N–H and O–H groups in total. The quantitative estimate of drug-likeness (QED) is 0.736. The molecule has 0 bridgehead atoms. The van der Waals surface area contributed by atoms with E-state index in [0.717, 1.165) is 11.5 Å². The molecule has 0 radical (unpaired) electrons. The molecule has 2 heterocycles. The summed E-state index contributed by atoms with van der Waals surface area (Å²) >= 11 is 0. The zero-order valence-corrected chi connectivity index (χ0v) is 12.0. The highest BCUT2D eigenvalue weighted by atomic mass is 16.1. The number of imidazole rings is 1. The maximum Gasteiger partial charge on any atom is 0.221 e. The lowest BCUT2D eigenvalue weighted by atomic mass is 10.3. The summed E-state index contributed by atoms with van der Waals surface area (Å²) in [5.41, 5.74) is 0.744. The van der Waals surface area contributed by atoms with E-state index >= 15 is 0 Å². The van der Waals surface area contributed by atoms with Crippen molar-refractivity contribution in [2.45, 2.75) is 26.3 Å². The van der Waals surface area contributed by atoms with Gasteiger partial charge in [-0.1, -0.05) is 0 Å². The molecule has 7 nitrogen and oxygen atoms in total. The first-order valence-electron chi connectivity index (χ1n) is 6.65. The molecule has 0 saturated heterocycles. The normalized spacial score (nSPS) is 10.8. The second-order valence-electron chi connectivity index (χ2n) is 4.78. The maximum atomic E-state index is 11.6. The van der Waals surface area contributed by atoms with Crippen LogP contribution in [0.3, 0.4) is 0 Å². The number of aromatic nitrogens is 3. The molecular formula is C13H20N6O. The summed E-state index contributed by atoms with van der Waals surface area (Å²) < 4.78 is 1.88. The summed E-state index contributed by atoms with van der Waals surface area (Å²) in [5.74, 6) is 1.43. The van der Waals surface area contributed by atoms with Crippen LogP contribution in [0.2, 0.25) is 0 Å². The summed E-state index contributed by atoms with van der Waals surface area (Å²) in [6.07, 6.45) is 5.83. The van der Waals surface area contributed by atoms with Crippen LogP contribution in [0.1, 0.15) is 20.3 Å². The van der Waals surface area contributed by atoms with Crippen LogP contribution in [-0.2, 0) is 4.79 Å². The van der Waals surface area contributed by atoms with Gasteiger partial charge in [0.05, 0.1) is 6.20 Å². The van der Waals surface area contributed by atoms with Crippen molar-refractivity contribution >= 4 is 23.2 Å². The van der Waals surface area contributed by atoms with Gasteiger partial charge in [-0.15, -0.1) is 0 Å². The van der Waals surface area contributed by atoms with Crippen molar-refractivity contribution in [3.05, 3.63) is 18.6 Å². The molecule has 0 saturated carbocycles. The van der Waals surface area contributed by atoms with E-state index in [0.29, 0.717) is 18.8 Å². The molecule has 7 heteroatoms. The molecule has 0 fully saturated rings. The van der Waals surface area contributed by atoms with Crippen molar-refractivity contribution in [2.24, 2.45) is 0 Å². The third kappa shape index (κ3) is 3.37. The SMILES string of the molecule is CNc1cn2ccnc2c(NCCC(=O)NC(C)C)n1. The molecule has 0 aromatic carbocycles. The van der Waals surface area contributed by atoms with Crippen LogP contribution in [0.25, 0.3) is 5.65 Å². The molecule has 1 amide bonds.